The number of hydrogen-bond donors (Lipinski definition) is 1. The Hall–Kier alpha value is -1.13. The van der Waals surface area contributed by atoms with Crippen LogP contribution in [0.15, 0.2) is 48.5 Å². The van der Waals surface area contributed by atoms with E-state index >= 15 is 0 Å². The van der Waals surface area contributed by atoms with Crippen LogP contribution in [0.5, 0.6) is 0 Å². The molecule has 0 aliphatic heterocycles. The number of rotatable bonds is 4. The van der Waals surface area contributed by atoms with Gasteiger partial charge in [-0.1, -0.05) is 74.3 Å². The summed E-state index contributed by atoms with van der Waals surface area (Å²) in [5.74, 6) is -0.0607. The third-order valence-electron chi connectivity index (χ3n) is 3.49. The van der Waals surface area contributed by atoms with Gasteiger partial charge >= 0.3 is 0 Å². The third kappa shape index (κ3) is 3.95. The van der Waals surface area contributed by atoms with Crippen LogP contribution in [0.1, 0.15) is 21.5 Å². The van der Waals surface area contributed by atoms with Gasteiger partial charge in [0.2, 0.25) is 5.91 Å². The summed E-state index contributed by atoms with van der Waals surface area (Å²) in [5.41, 5.74) is 4.18. The van der Waals surface area contributed by atoms with Crippen molar-refractivity contribution in [3.63, 3.8) is 0 Å². The molecule has 0 aromatic heterocycles. The molecule has 0 saturated heterocycles. The maximum absolute atomic E-state index is 12.4. The number of hydrogen-bond acceptors (Lipinski definition) is 1. The minimum Gasteiger partial charge on any atom is -0.325 e. The molecule has 0 radical (unpaired) electrons. The molecule has 1 amide bonds. The Morgan fingerprint density at radius 3 is 2.33 bits per heavy atom. The monoisotopic (exact) mass is 409 g/mol. The van der Waals surface area contributed by atoms with Crippen molar-refractivity contribution < 1.29 is 4.79 Å². The third-order valence-corrected chi connectivity index (χ3v) is 6.20. The van der Waals surface area contributed by atoms with Gasteiger partial charge in [-0.05, 0) is 36.6 Å². The number of anilines is 1. The molecule has 0 fully saturated rings. The molecule has 21 heavy (non-hydrogen) atoms. The molecule has 4 heteroatoms. The van der Waals surface area contributed by atoms with Gasteiger partial charge in [0.1, 0.15) is 4.83 Å². The van der Waals surface area contributed by atoms with E-state index in [0.29, 0.717) is 0 Å². The predicted molar refractivity (Wildman–Crippen MR) is 95.4 cm³/mol. The first-order chi connectivity index (χ1) is 10.0. The largest absolute Gasteiger partial charge is 0.325 e. The molecular formula is C17H17Br2NO. The molecule has 2 aromatic rings. The lowest BCUT2D eigenvalue weighted by molar-refractivity contribution is -0.115. The standard InChI is InChI=1S/C17H17Br2NO/c1-11-7-6-10-14(12(11)2)20-17(21)16(19)15(18)13-8-4-3-5-9-13/h3-10,15-16H,1-2H3,(H,20,21)/t15-,16+/m1/s1. The van der Waals surface area contributed by atoms with E-state index in [1.165, 1.54) is 0 Å². The van der Waals surface area contributed by atoms with Crippen LogP contribution >= 0.6 is 31.9 Å². The van der Waals surface area contributed by atoms with Crippen molar-refractivity contribution in [1.29, 1.82) is 0 Å². The first-order valence-electron chi connectivity index (χ1n) is 6.71. The molecule has 2 rings (SSSR count). The number of nitrogens with one attached hydrogen (secondary N) is 1. The summed E-state index contributed by atoms with van der Waals surface area (Å²) >= 11 is 7.08. The molecule has 0 spiro atoms. The van der Waals surface area contributed by atoms with E-state index in [1.807, 2.05) is 62.4 Å². The fourth-order valence-corrected chi connectivity index (χ4v) is 2.99. The fourth-order valence-electron chi connectivity index (χ4n) is 2.03. The zero-order valence-electron chi connectivity index (χ0n) is 11.9. The van der Waals surface area contributed by atoms with Gasteiger partial charge in [0, 0.05) is 5.69 Å². The Labute approximate surface area is 142 Å². The van der Waals surface area contributed by atoms with Gasteiger partial charge in [0.25, 0.3) is 0 Å². The second-order valence-electron chi connectivity index (χ2n) is 4.95. The van der Waals surface area contributed by atoms with Gasteiger partial charge in [0.05, 0.1) is 4.83 Å². The molecule has 2 aromatic carbocycles. The van der Waals surface area contributed by atoms with Gasteiger partial charge in [-0.3, -0.25) is 4.79 Å². The van der Waals surface area contributed by atoms with Gasteiger partial charge in [-0.2, -0.15) is 0 Å². The van der Waals surface area contributed by atoms with Gasteiger partial charge in [0.15, 0.2) is 0 Å². The van der Waals surface area contributed by atoms with Gasteiger partial charge in [-0.25, -0.2) is 0 Å². The van der Waals surface area contributed by atoms with Crippen molar-refractivity contribution >= 4 is 43.5 Å². The smallest absolute Gasteiger partial charge is 0.239 e. The average molecular weight is 411 g/mol. The van der Waals surface area contributed by atoms with E-state index in [4.69, 9.17) is 0 Å². The van der Waals surface area contributed by atoms with E-state index in [-0.39, 0.29) is 15.6 Å². The van der Waals surface area contributed by atoms with Gasteiger partial charge in [-0.15, -0.1) is 0 Å². The zero-order valence-corrected chi connectivity index (χ0v) is 15.1. The molecule has 1 N–H and O–H groups in total. The van der Waals surface area contributed by atoms with Crippen molar-refractivity contribution in [2.75, 3.05) is 5.32 Å². The highest BCUT2D eigenvalue weighted by Gasteiger charge is 2.25. The van der Waals surface area contributed by atoms with Crippen LogP contribution in [-0.4, -0.2) is 10.7 Å². The van der Waals surface area contributed by atoms with Crippen LogP contribution in [0.4, 0.5) is 5.69 Å². The van der Waals surface area contributed by atoms with E-state index in [2.05, 4.69) is 37.2 Å². The molecular weight excluding hydrogens is 394 g/mol. The van der Waals surface area contributed by atoms with Crippen molar-refractivity contribution in [2.45, 2.75) is 23.5 Å². The van der Waals surface area contributed by atoms with Crippen LogP contribution in [0.25, 0.3) is 0 Å². The lowest BCUT2D eigenvalue weighted by atomic mass is 10.1. The van der Waals surface area contributed by atoms with Gasteiger partial charge < -0.3 is 5.32 Å². The van der Waals surface area contributed by atoms with Crippen LogP contribution in [0.2, 0.25) is 0 Å². The highest BCUT2D eigenvalue weighted by atomic mass is 79.9. The van der Waals surface area contributed by atoms with Crippen LogP contribution in [0.3, 0.4) is 0 Å². The number of benzene rings is 2. The predicted octanol–water partition coefficient (Wildman–Crippen LogP) is 5.14. The minimum absolute atomic E-state index is 0.0607. The molecule has 0 saturated carbocycles. The first-order valence-corrected chi connectivity index (χ1v) is 8.54. The first kappa shape index (κ1) is 16.2. The molecule has 0 heterocycles. The molecule has 110 valence electrons. The SMILES string of the molecule is Cc1cccc(NC(=O)[C@@H](Br)[C@H](Br)c2ccccc2)c1C. The molecule has 0 aliphatic rings. The second kappa shape index (κ2) is 7.23. The Kier molecular flexibility index (Phi) is 5.59. The summed E-state index contributed by atoms with van der Waals surface area (Å²) in [7, 11) is 0. The topological polar surface area (TPSA) is 29.1 Å². The lowest BCUT2D eigenvalue weighted by Gasteiger charge is -2.18. The van der Waals surface area contributed by atoms with Crippen molar-refractivity contribution in [3.8, 4) is 0 Å². The van der Waals surface area contributed by atoms with E-state index in [0.717, 1.165) is 22.4 Å². The van der Waals surface area contributed by atoms with Crippen molar-refractivity contribution in [1.82, 2.24) is 0 Å². The van der Waals surface area contributed by atoms with Crippen molar-refractivity contribution in [3.05, 3.63) is 65.2 Å². The quantitative estimate of drug-likeness (QED) is 0.694. The van der Waals surface area contributed by atoms with E-state index in [9.17, 15) is 4.79 Å². The Bertz CT molecular complexity index is 628. The summed E-state index contributed by atoms with van der Waals surface area (Å²) in [6, 6.07) is 15.8. The Morgan fingerprint density at radius 1 is 1.00 bits per heavy atom. The summed E-state index contributed by atoms with van der Waals surface area (Å²) < 4.78 is 0. The normalized spacial score (nSPS) is 13.5. The van der Waals surface area contributed by atoms with Crippen LogP contribution in [-0.2, 0) is 4.79 Å². The second-order valence-corrected chi connectivity index (χ2v) is 6.92. The summed E-state index contributed by atoms with van der Waals surface area (Å²) in [6.07, 6.45) is 0. The number of amides is 1. The minimum atomic E-state index is -0.347. The summed E-state index contributed by atoms with van der Waals surface area (Å²) in [4.78, 5) is 12.0. The fraction of sp³-hybridized carbons (Fsp3) is 0.235. The summed E-state index contributed by atoms with van der Waals surface area (Å²) in [6.45, 7) is 4.05. The maximum Gasteiger partial charge on any atom is 0.239 e. The number of carbonyl (C=O) groups excluding carboxylic acids is 1. The van der Waals surface area contributed by atoms with E-state index in [1.54, 1.807) is 0 Å². The number of alkyl halides is 2. The lowest BCUT2D eigenvalue weighted by Crippen LogP contribution is -2.26. The molecule has 2 atom stereocenters. The average Bonchev–Trinajstić information content (AvgIpc) is 2.51. The van der Waals surface area contributed by atoms with E-state index < -0.39 is 0 Å². The Morgan fingerprint density at radius 2 is 1.67 bits per heavy atom. The zero-order chi connectivity index (χ0) is 15.4. The number of aryl methyl sites for hydroxylation is 1. The number of carbonyl (C=O) groups is 1. The van der Waals surface area contributed by atoms with Crippen LogP contribution in [0, 0.1) is 13.8 Å². The maximum atomic E-state index is 12.4. The molecule has 0 bridgehead atoms. The number of halogens is 2. The van der Waals surface area contributed by atoms with Crippen LogP contribution < -0.4 is 5.32 Å². The highest BCUT2D eigenvalue weighted by molar-refractivity contribution is 9.12. The molecule has 2 nitrogen and oxygen atoms in total. The van der Waals surface area contributed by atoms with Crippen molar-refractivity contribution in [2.24, 2.45) is 0 Å². The molecule has 0 aliphatic carbocycles. The molecule has 0 unspecified atom stereocenters. The summed E-state index contributed by atoms with van der Waals surface area (Å²) in [5, 5.41) is 2.99. The Balaban J connectivity index is 2.11. The highest BCUT2D eigenvalue weighted by Crippen LogP contribution is 2.32.